The van der Waals surface area contributed by atoms with Crippen molar-refractivity contribution >= 4 is 0 Å². The third-order valence-corrected chi connectivity index (χ3v) is 4.81. The molecule has 108 valence electrons. The van der Waals surface area contributed by atoms with Crippen LogP contribution in [0.2, 0.25) is 0 Å². The van der Waals surface area contributed by atoms with Crippen molar-refractivity contribution < 1.29 is 0 Å². The van der Waals surface area contributed by atoms with Crippen molar-refractivity contribution in [2.75, 3.05) is 19.8 Å². The van der Waals surface area contributed by atoms with Crippen molar-refractivity contribution in [2.24, 2.45) is 11.8 Å². The third kappa shape index (κ3) is 2.44. The van der Waals surface area contributed by atoms with E-state index in [1.54, 1.807) is 5.70 Å². The van der Waals surface area contributed by atoms with E-state index in [1.807, 2.05) is 0 Å². The molecule has 2 aliphatic carbocycles. The quantitative estimate of drug-likeness (QED) is 0.750. The molecule has 20 heavy (non-hydrogen) atoms. The maximum atomic E-state index is 2.59. The highest BCUT2D eigenvalue weighted by Crippen LogP contribution is 2.32. The van der Waals surface area contributed by atoms with Crippen LogP contribution in [0.25, 0.3) is 0 Å². The Bertz CT molecular complexity index is 496. The van der Waals surface area contributed by atoms with Gasteiger partial charge in [-0.15, -0.1) is 0 Å². The minimum atomic E-state index is 0.664. The summed E-state index contributed by atoms with van der Waals surface area (Å²) in [7, 11) is 0. The van der Waals surface area contributed by atoms with Gasteiger partial charge in [0.25, 0.3) is 0 Å². The molecule has 3 aliphatic rings. The Balaban J connectivity index is 1.75. The first kappa shape index (κ1) is 13.5. The highest BCUT2D eigenvalue weighted by atomic mass is 15.4. The van der Waals surface area contributed by atoms with Crippen LogP contribution in [0.3, 0.4) is 0 Å². The third-order valence-electron chi connectivity index (χ3n) is 4.81. The zero-order valence-electron chi connectivity index (χ0n) is 13.0. The number of hydrogen-bond donors (Lipinski definition) is 0. The Kier molecular flexibility index (Phi) is 3.73. The summed E-state index contributed by atoms with van der Waals surface area (Å²) in [6.07, 6.45) is 13.8. The van der Waals surface area contributed by atoms with Gasteiger partial charge in [-0.25, -0.2) is 0 Å². The monoisotopic (exact) mass is 270 g/mol. The molecule has 0 amide bonds. The van der Waals surface area contributed by atoms with E-state index in [2.05, 4.69) is 61.0 Å². The van der Waals surface area contributed by atoms with E-state index >= 15 is 0 Å². The van der Waals surface area contributed by atoms with Crippen LogP contribution < -0.4 is 0 Å². The summed E-state index contributed by atoms with van der Waals surface area (Å²) in [5.41, 5.74) is 4.54. The lowest BCUT2D eigenvalue weighted by atomic mass is 9.93. The second-order valence-electron chi connectivity index (χ2n) is 6.43. The van der Waals surface area contributed by atoms with Crippen LogP contribution in [0.15, 0.2) is 47.3 Å². The van der Waals surface area contributed by atoms with Gasteiger partial charge in [-0.1, -0.05) is 38.2 Å². The average Bonchev–Trinajstić information content (AvgIpc) is 2.88. The van der Waals surface area contributed by atoms with E-state index < -0.39 is 0 Å². The predicted molar refractivity (Wildman–Crippen MR) is 84.9 cm³/mol. The molecule has 0 bridgehead atoms. The van der Waals surface area contributed by atoms with Crippen LogP contribution in [0.5, 0.6) is 0 Å². The summed E-state index contributed by atoms with van der Waals surface area (Å²) in [5.74, 6) is 1.33. The molecule has 2 atom stereocenters. The van der Waals surface area contributed by atoms with Crippen molar-refractivity contribution in [2.45, 2.75) is 33.6 Å². The van der Waals surface area contributed by atoms with Crippen LogP contribution >= 0.6 is 0 Å². The molecule has 0 saturated carbocycles. The predicted octanol–water partition coefficient (Wildman–Crippen LogP) is 3.91. The maximum Gasteiger partial charge on any atom is 0.0899 e. The molecular formula is C18H26N2. The molecule has 1 fully saturated rings. The van der Waals surface area contributed by atoms with E-state index in [0.717, 1.165) is 13.2 Å². The summed E-state index contributed by atoms with van der Waals surface area (Å²) >= 11 is 0. The molecule has 0 aromatic carbocycles. The van der Waals surface area contributed by atoms with Gasteiger partial charge in [0.15, 0.2) is 0 Å². The lowest BCUT2D eigenvalue weighted by molar-refractivity contribution is 0.283. The van der Waals surface area contributed by atoms with Crippen molar-refractivity contribution in [1.82, 2.24) is 9.80 Å². The van der Waals surface area contributed by atoms with Crippen molar-refractivity contribution in [3.63, 3.8) is 0 Å². The molecule has 0 spiro atoms. The smallest absolute Gasteiger partial charge is 0.0899 e. The normalized spacial score (nSPS) is 30.2. The first-order chi connectivity index (χ1) is 9.66. The summed E-state index contributed by atoms with van der Waals surface area (Å²) in [6.45, 7) is 10.4. The topological polar surface area (TPSA) is 6.48 Å². The Labute approximate surface area is 123 Å². The van der Waals surface area contributed by atoms with Crippen molar-refractivity contribution in [1.29, 1.82) is 0 Å². The maximum absolute atomic E-state index is 2.59. The second kappa shape index (κ2) is 5.51. The van der Waals surface area contributed by atoms with Gasteiger partial charge >= 0.3 is 0 Å². The first-order valence-electron chi connectivity index (χ1n) is 7.90. The van der Waals surface area contributed by atoms with Crippen LogP contribution in [0, 0.1) is 11.8 Å². The Hall–Kier alpha value is -1.44. The molecule has 0 N–H and O–H groups in total. The second-order valence-corrected chi connectivity index (χ2v) is 6.43. The molecule has 2 unspecified atom stereocenters. The van der Waals surface area contributed by atoms with E-state index in [4.69, 9.17) is 0 Å². The number of rotatable bonds is 2. The van der Waals surface area contributed by atoms with Crippen molar-refractivity contribution in [3.05, 3.63) is 47.3 Å². The minimum Gasteiger partial charge on any atom is -0.355 e. The molecule has 0 aromatic heterocycles. The number of hydrogen-bond acceptors (Lipinski definition) is 2. The lowest BCUT2D eigenvalue weighted by Crippen LogP contribution is -2.30. The fourth-order valence-electron chi connectivity index (χ4n) is 3.74. The Morgan fingerprint density at radius 1 is 1.00 bits per heavy atom. The summed E-state index contributed by atoms with van der Waals surface area (Å²) < 4.78 is 0. The highest BCUT2D eigenvalue weighted by Gasteiger charge is 2.29. The zero-order chi connectivity index (χ0) is 14.1. The molecule has 3 rings (SSSR count). The van der Waals surface area contributed by atoms with E-state index in [1.165, 1.54) is 30.7 Å². The van der Waals surface area contributed by atoms with E-state index in [-0.39, 0.29) is 0 Å². The van der Waals surface area contributed by atoms with Crippen LogP contribution in [-0.4, -0.2) is 29.6 Å². The molecule has 2 heteroatoms. The minimum absolute atomic E-state index is 0.664. The lowest BCUT2D eigenvalue weighted by Gasteiger charge is -2.32. The van der Waals surface area contributed by atoms with Gasteiger partial charge in [0.1, 0.15) is 0 Å². The highest BCUT2D eigenvalue weighted by molar-refractivity contribution is 5.30. The van der Waals surface area contributed by atoms with E-state index in [0.29, 0.717) is 11.8 Å². The van der Waals surface area contributed by atoms with Crippen LogP contribution in [-0.2, 0) is 0 Å². The standard InChI is InChI=1S/C18H26N2/c1-14-7-4-5-10-17(14)19-11-12-20(13-19)18-15(2)8-6-9-16(18)3/h4-6,8,10,14,16H,7,9,11-13H2,1-3H3. The SMILES string of the molecule is CC1=C(N2CCN(C3=CC=CCC3C)C2)C(C)CC=C1. The molecule has 1 aliphatic heterocycles. The van der Waals surface area contributed by atoms with Gasteiger partial charge in [0.05, 0.1) is 6.67 Å². The summed E-state index contributed by atoms with van der Waals surface area (Å²) in [6, 6.07) is 0. The first-order valence-corrected chi connectivity index (χ1v) is 7.90. The molecule has 1 saturated heterocycles. The fraction of sp³-hybridized carbons (Fsp3) is 0.556. The van der Waals surface area contributed by atoms with Gasteiger partial charge in [-0.05, 0) is 43.3 Å². The van der Waals surface area contributed by atoms with E-state index in [9.17, 15) is 0 Å². The van der Waals surface area contributed by atoms with Gasteiger partial charge in [0.2, 0.25) is 0 Å². The Morgan fingerprint density at radius 3 is 2.50 bits per heavy atom. The summed E-state index contributed by atoms with van der Waals surface area (Å²) in [5, 5.41) is 0. The molecule has 0 aromatic rings. The fourth-order valence-corrected chi connectivity index (χ4v) is 3.74. The van der Waals surface area contributed by atoms with Gasteiger partial charge in [0, 0.05) is 24.5 Å². The van der Waals surface area contributed by atoms with Gasteiger partial charge in [-0.2, -0.15) is 0 Å². The zero-order valence-corrected chi connectivity index (χ0v) is 13.0. The average molecular weight is 270 g/mol. The largest absolute Gasteiger partial charge is 0.355 e. The molecule has 1 heterocycles. The van der Waals surface area contributed by atoms with Crippen LogP contribution in [0.4, 0.5) is 0 Å². The van der Waals surface area contributed by atoms with Crippen LogP contribution in [0.1, 0.15) is 33.6 Å². The number of nitrogens with zero attached hydrogens (tertiary/aromatic N) is 2. The summed E-state index contributed by atoms with van der Waals surface area (Å²) in [4.78, 5) is 5.16. The molecular weight excluding hydrogens is 244 g/mol. The molecule has 0 radical (unpaired) electrons. The number of allylic oxidation sites excluding steroid dienone is 8. The molecule has 2 nitrogen and oxygen atoms in total. The van der Waals surface area contributed by atoms with Crippen molar-refractivity contribution in [3.8, 4) is 0 Å². The van der Waals surface area contributed by atoms with Gasteiger partial charge in [-0.3, -0.25) is 0 Å². The van der Waals surface area contributed by atoms with Gasteiger partial charge < -0.3 is 9.80 Å². The Morgan fingerprint density at radius 2 is 1.75 bits per heavy atom.